The molecule has 1 saturated heterocycles. The molecule has 0 bridgehead atoms. The maximum atomic E-state index is 12.3. The zero-order valence-electron chi connectivity index (χ0n) is 13.9. The fourth-order valence-corrected chi connectivity index (χ4v) is 2.99. The van der Waals surface area contributed by atoms with Crippen molar-refractivity contribution >= 4 is 17.6 Å². The Bertz CT molecular complexity index is 753. The molecule has 1 fully saturated rings. The lowest BCUT2D eigenvalue weighted by Gasteiger charge is -2.19. The van der Waals surface area contributed by atoms with Crippen molar-refractivity contribution in [2.45, 2.75) is 26.4 Å². The van der Waals surface area contributed by atoms with Gasteiger partial charge in [-0.05, 0) is 18.1 Å². The molecule has 126 valence electrons. The highest BCUT2D eigenvalue weighted by atomic mass is 16.5. The quantitative estimate of drug-likeness (QED) is 0.789. The molecule has 6 heteroatoms. The molecule has 0 radical (unpaired) electrons. The first-order chi connectivity index (χ1) is 11.6. The summed E-state index contributed by atoms with van der Waals surface area (Å²) in [6.45, 7) is 2.61. The molecule has 0 unspecified atom stereocenters. The first kappa shape index (κ1) is 16.2. The van der Waals surface area contributed by atoms with Crippen LogP contribution in [0.25, 0.3) is 0 Å². The first-order valence-corrected chi connectivity index (χ1v) is 8.11. The van der Waals surface area contributed by atoms with Crippen molar-refractivity contribution in [3.05, 3.63) is 47.8 Å². The van der Waals surface area contributed by atoms with Crippen LogP contribution in [0.3, 0.4) is 0 Å². The molecule has 0 saturated carbocycles. The Morgan fingerprint density at radius 1 is 1.38 bits per heavy atom. The number of amides is 1. The average molecular weight is 327 g/mol. The first-order valence-electron chi connectivity index (χ1n) is 8.11. The second kappa shape index (κ2) is 6.86. The summed E-state index contributed by atoms with van der Waals surface area (Å²) in [6, 6.07) is 7.81. The van der Waals surface area contributed by atoms with Gasteiger partial charge in [0.25, 0.3) is 0 Å². The molecule has 1 aliphatic rings. The number of hydrogen-bond acceptors (Lipinski definition) is 4. The Labute approximate surface area is 141 Å². The molecule has 6 nitrogen and oxygen atoms in total. The molecule has 0 N–H and O–H groups in total. The van der Waals surface area contributed by atoms with Gasteiger partial charge in [0, 0.05) is 37.5 Å². The Kier molecular flexibility index (Phi) is 4.64. The predicted octanol–water partition coefficient (Wildman–Crippen LogP) is 2.08. The van der Waals surface area contributed by atoms with Crippen molar-refractivity contribution in [1.29, 1.82) is 0 Å². The predicted molar refractivity (Wildman–Crippen MR) is 89.3 cm³/mol. The Morgan fingerprint density at radius 2 is 2.17 bits per heavy atom. The van der Waals surface area contributed by atoms with Crippen molar-refractivity contribution in [2.75, 3.05) is 11.4 Å². The third kappa shape index (κ3) is 3.32. The number of nitrogens with zero attached hydrogens (tertiary/aromatic N) is 3. The number of anilines is 1. The van der Waals surface area contributed by atoms with Gasteiger partial charge in [0.2, 0.25) is 5.91 Å². The Morgan fingerprint density at radius 3 is 2.88 bits per heavy atom. The minimum Gasteiger partial charge on any atom is -0.460 e. The monoisotopic (exact) mass is 327 g/mol. The summed E-state index contributed by atoms with van der Waals surface area (Å²) in [5.41, 5.74) is 2.84. The molecule has 2 aromatic rings. The summed E-state index contributed by atoms with van der Waals surface area (Å²) in [5, 5.41) is 4.04. The van der Waals surface area contributed by atoms with Crippen molar-refractivity contribution < 1.29 is 14.3 Å². The van der Waals surface area contributed by atoms with E-state index in [-0.39, 0.29) is 24.9 Å². The zero-order valence-corrected chi connectivity index (χ0v) is 13.9. The lowest BCUT2D eigenvalue weighted by molar-refractivity contribution is -0.149. The molecule has 0 spiro atoms. The maximum Gasteiger partial charge on any atom is 0.311 e. The van der Waals surface area contributed by atoms with Gasteiger partial charge in [0.15, 0.2) is 0 Å². The molecule has 1 atom stereocenters. The van der Waals surface area contributed by atoms with Crippen LogP contribution in [0.1, 0.15) is 24.5 Å². The van der Waals surface area contributed by atoms with Crippen LogP contribution < -0.4 is 4.90 Å². The third-order valence-electron chi connectivity index (χ3n) is 4.26. The summed E-state index contributed by atoms with van der Waals surface area (Å²) in [7, 11) is 1.81. The van der Waals surface area contributed by atoms with Gasteiger partial charge in [-0.3, -0.25) is 14.3 Å². The summed E-state index contributed by atoms with van der Waals surface area (Å²) >= 11 is 0. The fraction of sp³-hybridized carbons (Fsp3) is 0.389. The molecule has 2 heterocycles. The number of ether oxygens (including phenoxy) is 1. The standard InChI is InChI=1S/C18H21N3O3/c1-3-14-6-4-5-7-16(14)21-11-15(8-17(21)22)18(23)24-12-13-9-19-20(2)10-13/h4-7,9-10,15H,3,8,11-12H2,1-2H3/t15-/m0/s1. The van der Waals surface area contributed by atoms with E-state index in [2.05, 4.69) is 12.0 Å². The fourth-order valence-electron chi connectivity index (χ4n) is 2.99. The van der Waals surface area contributed by atoms with E-state index in [1.807, 2.05) is 31.3 Å². The molecule has 1 aromatic heterocycles. The van der Waals surface area contributed by atoms with E-state index in [0.717, 1.165) is 23.2 Å². The van der Waals surface area contributed by atoms with Crippen LogP contribution in [0.2, 0.25) is 0 Å². The van der Waals surface area contributed by atoms with E-state index < -0.39 is 5.92 Å². The van der Waals surface area contributed by atoms with E-state index >= 15 is 0 Å². The smallest absolute Gasteiger partial charge is 0.311 e. The highest BCUT2D eigenvalue weighted by Crippen LogP contribution is 2.29. The van der Waals surface area contributed by atoms with Crippen LogP contribution in [0.15, 0.2) is 36.7 Å². The summed E-state index contributed by atoms with van der Waals surface area (Å²) in [5.74, 6) is -0.776. The van der Waals surface area contributed by atoms with E-state index in [9.17, 15) is 9.59 Å². The Balaban J connectivity index is 1.64. The van der Waals surface area contributed by atoms with Crippen LogP contribution in [0.5, 0.6) is 0 Å². The van der Waals surface area contributed by atoms with Crippen molar-refractivity contribution in [3.8, 4) is 0 Å². The summed E-state index contributed by atoms with van der Waals surface area (Å²) in [4.78, 5) is 26.3. The van der Waals surface area contributed by atoms with Crippen molar-refractivity contribution in [2.24, 2.45) is 13.0 Å². The van der Waals surface area contributed by atoms with Gasteiger partial charge >= 0.3 is 5.97 Å². The molecular formula is C18H21N3O3. The number of esters is 1. The zero-order chi connectivity index (χ0) is 17.1. The average Bonchev–Trinajstić information content (AvgIpc) is 3.18. The second-order valence-corrected chi connectivity index (χ2v) is 6.02. The summed E-state index contributed by atoms with van der Waals surface area (Å²) in [6.07, 6.45) is 4.51. The number of carbonyl (C=O) groups excluding carboxylic acids is 2. The van der Waals surface area contributed by atoms with Gasteiger partial charge < -0.3 is 9.64 Å². The van der Waals surface area contributed by atoms with Gasteiger partial charge in [-0.1, -0.05) is 25.1 Å². The largest absolute Gasteiger partial charge is 0.460 e. The van der Waals surface area contributed by atoms with Crippen molar-refractivity contribution in [1.82, 2.24) is 9.78 Å². The van der Waals surface area contributed by atoms with Crippen LogP contribution in [0.4, 0.5) is 5.69 Å². The molecule has 3 rings (SSSR count). The molecule has 24 heavy (non-hydrogen) atoms. The minimum absolute atomic E-state index is 0.0285. The van der Waals surface area contributed by atoms with Gasteiger partial charge in [-0.2, -0.15) is 5.10 Å². The number of rotatable bonds is 5. The number of carbonyl (C=O) groups is 2. The van der Waals surface area contributed by atoms with Crippen LogP contribution in [-0.2, 0) is 34.4 Å². The van der Waals surface area contributed by atoms with Crippen LogP contribution >= 0.6 is 0 Å². The second-order valence-electron chi connectivity index (χ2n) is 6.02. The van der Waals surface area contributed by atoms with Gasteiger partial charge in [-0.15, -0.1) is 0 Å². The summed E-state index contributed by atoms with van der Waals surface area (Å²) < 4.78 is 7.00. The van der Waals surface area contributed by atoms with E-state index in [1.165, 1.54) is 0 Å². The van der Waals surface area contributed by atoms with E-state index in [0.29, 0.717) is 6.54 Å². The molecule has 1 amide bonds. The normalized spacial score (nSPS) is 17.3. The minimum atomic E-state index is -0.418. The molecule has 1 aromatic carbocycles. The third-order valence-corrected chi connectivity index (χ3v) is 4.26. The van der Waals surface area contributed by atoms with E-state index in [1.54, 1.807) is 22.0 Å². The lowest BCUT2D eigenvalue weighted by Crippen LogP contribution is -2.27. The van der Waals surface area contributed by atoms with Crippen LogP contribution in [-0.4, -0.2) is 28.2 Å². The number of hydrogen-bond donors (Lipinski definition) is 0. The number of aryl methyl sites for hydroxylation is 2. The van der Waals surface area contributed by atoms with Gasteiger partial charge in [-0.25, -0.2) is 0 Å². The van der Waals surface area contributed by atoms with E-state index in [4.69, 9.17) is 4.74 Å². The van der Waals surface area contributed by atoms with Crippen molar-refractivity contribution in [3.63, 3.8) is 0 Å². The topological polar surface area (TPSA) is 64.4 Å². The number of para-hydroxylation sites is 1. The van der Waals surface area contributed by atoms with Gasteiger partial charge in [0.1, 0.15) is 6.61 Å². The van der Waals surface area contributed by atoms with Gasteiger partial charge in [0.05, 0.1) is 12.1 Å². The SMILES string of the molecule is CCc1ccccc1N1C[C@@H](C(=O)OCc2cnn(C)c2)CC1=O. The number of benzene rings is 1. The number of aromatic nitrogens is 2. The highest BCUT2D eigenvalue weighted by molar-refractivity contribution is 6.00. The lowest BCUT2D eigenvalue weighted by atomic mass is 10.1. The molecule has 1 aliphatic heterocycles. The molecular weight excluding hydrogens is 306 g/mol. The van der Waals surface area contributed by atoms with Crippen LogP contribution in [0, 0.1) is 5.92 Å². The maximum absolute atomic E-state index is 12.3. The molecule has 0 aliphatic carbocycles. The Hall–Kier alpha value is -2.63. The highest BCUT2D eigenvalue weighted by Gasteiger charge is 2.36.